The van der Waals surface area contributed by atoms with E-state index in [9.17, 15) is 18.3 Å². The number of hydrogen-bond acceptors (Lipinski definition) is 8. The van der Waals surface area contributed by atoms with Crippen LogP contribution in [-0.2, 0) is 22.1 Å². The molecule has 0 spiro atoms. The fraction of sp³-hybridized carbons (Fsp3) is 0.267. The number of carbonyl (C=O) groups is 1. The summed E-state index contributed by atoms with van der Waals surface area (Å²) in [5.41, 5.74) is 2.31. The van der Waals surface area contributed by atoms with Crippen molar-refractivity contribution in [1.29, 1.82) is 0 Å². The summed E-state index contributed by atoms with van der Waals surface area (Å²) in [6.45, 7) is 3.08. The molecule has 10 heteroatoms. The summed E-state index contributed by atoms with van der Waals surface area (Å²) < 4.78 is 37.3. The Balaban J connectivity index is 1.26. The molecule has 208 valence electrons. The van der Waals surface area contributed by atoms with E-state index in [0.29, 0.717) is 60.9 Å². The fourth-order valence-corrected chi connectivity index (χ4v) is 6.52. The van der Waals surface area contributed by atoms with Gasteiger partial charge in [0.05, 0.1) is 35.9 Å². The molecule has 40 heavy (non-hydrogen) atoms. The van der Waals surface area contributed by atoms with Crippen molar-refractivity contribution in [2.75, 3.05) is 40.4 Å². The molecule has 5 rings (SSSR count). The van der Waals surface area contributed by atoms with E-state index in [1.807, 2.05) is 18.2 Å². The van der Waals surface area contributed by atoms with Crippen LogP contribution in [0.5, 0.6) is 17.2 Å². The molecule has 1 aliphatic rings. The zero-order valence-corrected chi connectivity index (χ0v) is 23.2. The first-order chi connectivity index (χ1) is 19.3. The molecule has 1 N–H and O–H groups in total. The van der Waals surface area contributed by atoms with Gasteiger partial charge in [-0.05, 0) is 47.5 Å². The number of aromatic nitrogens is 1. The van der Waals surface area contributed by atoms with Crippen LogP contribution in [-0.4, -0.2) is 74.6 Å². The lowest BCUT2D eigenvalue weighted by atomic mass is 10.1. The highest BCUT2D eigenvalue weighted by Gasteiger charge is 2.26. The van der Waals surface area contributed by atoms with Gasteiger partial charge in [0.2, 0.25) is 0 Å². The smallest absolute Gasteiger partial charge is 0.257 e. The van der Waals surface area contributed by atoms with Gasteiger partial charge in [0.15, 0.2) is 21.3 Å². The zero-order chi connectivity index (χ0) is 28.3. The highest BCUT2D eigenvalue weighted by atomic mass is 32.2. The van der Waals surface area contributed by atoms with Gasteiger partial charge in [-0.2, -0.15) is 0 Å². The number of rotatable bonds is 8. The maximum atomic E-state index is 13.4. The van der Waals surface area contributed by atoms with Crippen LogP contribution in [0.3, 0.4) is 0 Å². The molecule has 3 aromatic carbocycles. The molecule has 4 aromatic rings. The van der Waals surface area contributed by atoms with Crippen LogP contribution in [0.1, 0.15) is 21.5 Å². The number of carbonyl (C=O) groups excluding carboxylic acids is 1. The lowest BCUT2D eigenvalue weighted by Crippen LogP contribution is -2.48. The third kappa shape index (κ3) is 5.73. The predicted octanol–water partition coefficient (Wildman–Crippen LogP) is 3.89. The Kier molecular flexibility index (Phi) is 7.90. The average Bonchev–Trinajstić information content (AvgIpc) is 2.96. The number of methoxy groups -OCH3 is 2. The van der Waals surface area contributed by atoms with E-state index in [4.69, 9.17) is 9.47 Å². The summed E-state index contributed by atoms with van der Waals surface area (Å²) in [4.78, 5) is 21.8. The van der Waals surface area contributed by atoms with E-state index in [2.05, 4.69) is 9.88 Å². The van der Waals surface area contributed by atoms with E-state index in [-0.39, 0.29) is 22.3 Å². The van der Waals surface area contributed by atoms with E-state index < -0.39 is 9.84 Å². The number of pyridine rings is 1. The third-order valence-corrected chi connectivity index (χ3v) is 8.81. The van der Waals surface area contributed by atoms with E-state index in [0.717, 1.165) is 10.9 Å². The van der Waals surface area contributed by atoms with E-state index in [1.54, 1.807) is 59.6 Å². The second-order valence-electron chi connectivity index (χ2n) is 9.70. The minimum atomic E-state index is -3.70. The molecule has 1 aromatic heterocycles. The number of aromatic hydroxyl groups is 1. The lowest BCUT2D eigenvalue weighted by molar-refractivity contribution is 0.0625. The number of ether oxygens (including phenoxy) is 2. The second-order valence-corrected chi connectivity index (χ2v) is 11.7. The molecule has 0 radical (unpaired) electrons. The molecular weight excluding hydrogens is 530 g/mol. The van der Waals surface area contributed by atoms with Crippen molar-refractivity contribution >= 4 is 26.6 Å². The van der Waals surface area contributed by atoms with Crippen LogP contribution in [0.15, 0.2) is 77.8 Å². The first-order valence-electron chi connectivity index (χ1n) is 12.9. The number of fused-ring (bicyclic) bond motifs is 1. The number of phenolic OH excluding ortho intramolecular Hbond substituents is 1. The summed E-state index contributed by atoms with van der Waals surface area (Å²) in [5.74, 6) is 0.469. The Hall–Kier alpha value is -4.15. The van der Waals surface area contributed by atoms with Crippen molar-refractivity contribution in [3.05, 3.63) is 89.6 Å². The summed E-state index contributed by atoms with van der Waals surface area (Å²) >= 11 is 0. The summed E-state index contributed by atoms with van der Waals surface area (Å²) in [5, 5.41) is 10.8. The summed E-state index contributed by atoms with van der Waals surface area (Å²) in [7, 11) is -0.712. The predicted molar refractivity (Wildman–Crippen MR) is 151 cm³/mol. The van der Waals surface area contributed by atoms with Gasteiger partial charge >= 0.3 is 0 Å². The highest BCUT2D eigenvalue weighted by molar-refractivity contribution is 7.90. The summed E-state index contributed by atoms with van der Waals surface area (Å²) in [6.07, 6.45) is 1.58. The quantitative estimate of drug-likeness (QED) is 0.345. The molecule has 0 unspecified atom stereocenters. The first kappa shape index (κ1) is 27.4. The number of nitrogens with zero attached hydrogens (tertiary/aromatic N) is 3. The monoisotopic (exact) mass is 561 g/mol. The standard InChI is InChI=1S/C30H31N3O6S/c1-38-26-11-9-21(17-25(26)34)19-32-13-15-33(16-14-32)30(35)24-10-8-22(18-27(24)39-2)20-40(36,37)28-7-3-5-23-6-4-12-31-29(23)28/h3-12,17-18,34H,13-16,19-20H2,1-2H3. The Morgan fingerprint density at radius 1 is 0.900 bits per heavy atom. The van der Waals surface area contributed by atoms with Crippen molar-refractivity contribution in [3.63, 3.8) is 0 Å². The largest absolute Gasteiger partial charge is 0.504 e. The third-order valence-electron chi connectivity index (χ3n) is 7.09. The molecule has 2 heterocycles. The summed E-state index contributed by atoms with van der Waals surface area (Å²) in [6, 6.07) is 19.0. The van der Waals surface area contributed by atoms with Crippen LogP contribution in [0.25, 0.3) is 10.9 Å². The number of benzene rings is 3. The first-order valence-corrected chi connectivity index (χ1v) is 14.5. The molecule has 0 bridgehead atoms. The van der Waals surface area contributed by atoms with Crippen LogP contribution < -0.4 is 9.47 Å². The van der Waals surface area contributed by atoms with Gasteiger partial charge in [0, 0.05) is 44.3 Å². The van der Waals surface area contributed by atoms with Gasteiger partial charge in [-0.3, -0.25) is 14.7 Å². The topological polar surface area (TPSA) is 109 Å². The Bertz CT molecular complexity index is 1640. The minimum absolute atomic E-state index is 0.103. The SMILES string of the molecule is COc1ccc(CN2CCN(C(=O)c3ccc(CS(=O)(=O)c4cccc5cccnc45)cc3OC)CC2)cc1O. The fourth-order valence-electron chi connectivity index (χ4n) is 5.00. The van der Waals surface area contributed by atoms with E-state index in [1.165, 1.54) is 14.2 Å². The number of sulfone groups is 1. The molecule has 1 aliphatic heterocycles. The van der Waals surface area contributed by atoms with Crippen LogP contribution in [0.2, 0.25) is 0 Å². The molecule has 0 aliphatic carbocycles. The molecule has 9 nitrogen and oxygen atoms in total. The van der Waals surface area contributed by atoms with Crippen molar-refractivity contribution in [2.45, 2.75) is 17.2 Å². The van der Waals surface area contributed by atoms with Gasteiger partial charge in [-0.25, -0.2) is 8.42 Å². The molecule has 1 fully saturated rings. The van der Waals surface area contributed by atoms with Gasteiger partial charge < -0.3 is 19.5 Å². The Morgan fingerprint density at radius 2 is 1.62 bits per heavy atom. The van der Waals surface area contributed by atoms with Crippen LogP contribution in [0, 0.1) is 0 Å². The second kappa shape index (κ2) is 11.5. The molecular formula is C30H31N3O6S. The van der Waals surface area contributed by atoms with Crippen LogP contribution in [0.4, 0.5) is 0 Å². The lowest BCUT2D eigenvalue weighted by Gasteiger charge is -2.35. The minimum Gasteiger partial charge on any atom is -0.504 e. The van der Waals surface area contributed by atoms with Gasteiger partial charge in [0.1, 0.15) is 5.75 Å². The average molecular weight is 562 g/mol. The molecule has 0 atom stereocenters. The molecule has 1 saturated heterocycles. The number of hydrogen-bond donors (Lipinski definition) is 1. The number of phenols is 1. The van der Waals surface area contributed by atoms with Crippen molar-refractivity contribution in [3.8, 4) is 17.2 Å². The zero-order valence-electron chi connectivity index (χ0n) is 22.4. The normalized spacial score (nSPS) is 14.3. The van der Waals surface area contributed by atoms with Gasteiger partial charge in [-0.15, -0.1) is 0 Å². The Morgan fingerprint density at radius 3 is 2.35 bits per heavy atom. The molecule has 1 amide bonds. The number of para-hydroxylation sites is 1. The number of piperazine rings is 1. The van der Waals surface area contributed by atoms with Crippen LogP contribution >= 0.6 is 0 Å². The van der Waals surface area contributed by atoms with Gasteiger partial charge in [0.25, 0.3) is 5.91 Å². The van der Waals surface area contributed by atoms with Crippen molar-refractivity contribution < 1.29 is 27.8 Å². The van der Waals surface area contributed by atoms with E-state index >= 15 is 0 Å². The maximum absolute atomic E-state index is 13.4. The maximum Gasteiger partial charge on any atom is 0.257 e. The number of amides is 1. The van der Waals surface area contributed by atoms with Crippen molar-refractivity contribution in [1.82, 2.24) is 14.8 Å². The van der Waals surface area contributed by atoms with Crippen molar-refractivity contribution in [2.24, 2.45) is 0 Å². The van der Waals surface area contributed by atoms with Gasteiger partial charge in [-0.1, -0.05) is 30.3 Å². The Labute approximate surface area is 233 Å². The molecule has 0 saturated carbocycles. The highest BCUT2D eigenvalue weighted by Crippen LogP contribution is 2.29.